The third kappa shape index (κ3) is 4.16. The predicted molar refractivity (Wildman–Crippen MR) is 117 cm³/mol. The van der Waals surface area contributed by atoms with Crippen LogP contribution in [0.1, 0.15) is 42.4 Å². The zero-order valence-corrected chi connectivity index (χ0v) is 17.4. The molecular formula is C22H22N6O3. The molecule has 31 heavy (non-hydrogen) atoms. The number of nitro benzene ring substituents is 1. The molecule has 2 aromatic heterocycles. The summed E-state index contributed by atoms with van der Waals surface area (Å²) in [7, 11) is 0. The summed E-state index contributed by atoms with van der Waals surface area (Å²) in [4.78, 5) is 23.4. The molecule has 0 aliphatic rings. The summed E-state index contributed by atoms with van der Waals surface area (Å²) >= 11 is 0. The second-order valence-electron chi connectivity index (χ2n) is 8.33. The van der Waals surface area contributed by atoms with Gasteiger partial charge in [0, 0.05) is 23.6 Å². The monoisotopic (exact) mass is 418 g/mol. The molecule has 0 aliphatic heterocycles. The molecule has 0 saturated carbocycles. The van der Waals surface area contributed by atoms with E-state index in [1.165, 1.54) is 23.8 Å². The number of nitrogens with one attached hydrogen (secondary N) is 2. The maximum absolute atomic E-state index is 12.8. The molecule has 0 radical (unpaired) electrons. The van der Waals surface area contributed by atoms with Crippen molar-refractivity contribution in [3.63, 3.8) is 0 Å². The van der Waals surface area contributed by atoms with E-state index in [1.54, 1.807) is 16.9 Å². The van der Waals surface area contributed by atoms with Crippen molar-refractivity contribution < 1.29 is 9.72 Å². The van der Waals surface area contributed by atoms with Gasteiger partial charge in [0.05, 0.1) is 23.2 Å². The summed E-state index contributed by atoms with van der Waals surface area (Å²) in [5, 5.41) is 25.3. The van der Waals surface area contributed by atoms with Crippen LogP contribution in [0.4, 0.5) is 11.5 Å². The van der Waals surface area contributed by atoms with Crippen molar-refractivity contribution in [2.75, 3.05) is 5.32 Å². The lowest BCUT2D eigenvalue weighted by atomic mass is 9.87. The molecule has 4 rings (SSSR count). The Kier molecular flexibility index (Phi) is 5.02. The highest BCUT2D eigenvalue weighted by atomic mass is 16.6. The molecule has 2 aromatic carbocycles. The Bertz CT molecular complexity index is 1260. The van der Waals surface area contributed by atoms with Crippen LogP contribution < -0.4 is 5.32 Å². The first-order valence-corrected chi connectivity index (χ1v) is 9.77. The summed E-state index contributed by atoms with van der Waals surface area (Å²) in [6, 6.07) is 14.2. The van der Waals surface area contributed by atoms with Crippen LogP contribution in [0.3, 0.4) is 0 Å². The molecule has 158 valence electrons. The number of anilines is 1. The van der Waals surface area contributed by atoms with Crippen LogP contribution in [-0.2, 0) is 12.0 Å². The van der Waals surface area contributed by atoms with Crippen molar-refractivity contribution in [3.8, 4) is 0 Å². The lowest BCUT2D eigenvalue weighted by molar-refractivity contribution is -0.384. The van der Waals surface area contributed by atoms with Crippen molar-refractivity contribution in [3.05, 3.63) is 81.7 Å². The minimum absolute atomic E-state index is 0.0742. The van der Waals surface area contributed by atoms with E-state index in [9.17, 15) is 14.9 Å². The molecule has 0 saturated heterocycles. The number of aromatic nitrogens is 4. The van der Waals surface area contributed by atoms with Gasteiger partial charge >= 0.3 is 0 Å². The molecule has 0 bridgehead atoms. The minimum atomic E-state index is -0.506. The Morgan fingerprint density at radius 3 is 2.58 bits per heavy atom. The van der Waals surface area contributed by atoms with Crippen molar-refractivity contribution in [2.45, 2.75) is 32.7 Å². The number of aromatic amines is 1. The van der Waals surface area contributed by atoms with Crippen LogP contribution in [0.5, 0.6) is 0 Å². The molecule has 4 aromatic rings. The van der Waals surface area contributed by atoms with Crippen LogP contribution in [0, 0.1) is 10.1 Å². The predicted octanol–water partition coefficient (Wildman–Crippen LogP) is 4.27. The molecule has 0 spiro atoms. The van der Waals surface area contributed by atoms with Crippen LogP contribution >= 0.6 is 0 Å². The summed E-state index contributed by atoms with van der Waals surface area (Å²) in [5.74, 6) is 0.0306. The number of non-ortho nitro benzene ring substituents is 1. The van der Waals surface area contributed by atoms with E-state index in [4.69, 9.17) is 0 Å². The number of benzene rings is 2. The van der Waals surface area contributed by atoms with Crippen LogP contribution in [0.15, 0.2) is 54.7 Å². The van der Waals surface area contributed by atoms with Gasteiger partial charge in [0.1, 0.15) is 5.82 Å². The highest BCUT2D eigenvalue weighted by Gasteiger charge is 2.19. The zero-order valence-electron chi connectivity index (χ0n) is 17.4. The van der Waals surface area contributed by atoms with Gasteiger partial charge in [-0.05, 0) is 22.6 Å². The van der Waals surface area contributed by atoms with Crippen molar-refractivity contribution >= 4 is 28.3 Å². The summed E-state index contributed by atoms with van der Waals surface area (Å²) in [6.07, 6.45) is 1.60. The maximum atomic E-state index is 12.8. The molecule has 0 atom stereocenters. The number of nitrogens with zero attached hydrogens (tertiary/aromatic N) is 4. The van der Waals surface area contributed by atoms with Gasteiger partial charge in [-0.2, -0.15) is 10.2 Å². The van der Waals surface area contributed by atoms with E-state index in [-0.39, 0.29) is 16.8 Å². The first-order chi connectivity index (χ1) is 14.7. The quantitative estimate of drug-likeness (QED) is 0.371. The Morgan fingerprint density at radius 2 is 1.90 bits per heavy atom. The number of nitro groups is 1. The lowest BCUT2D eigenvalue weighted by Crippen LogP contribution is -2.17. The van der Waals surface area contributed by atoms with Gasteiger partial charge in [-0.3, -0.25) is 20.0 Å². The number of amides is 1. The van der Waals surface area contributed by atoms with E-state index < -0.39 is 10.8 Å². The standard InChI is InChI=1S/C22H22N6O3/c1-22(2,3)15-6-4-14(5-7-15)13-27-19(10-11-23-27)24-21(29)20-17-12-16(28(30)31)8-9-18(17)25-26-20/h4-12H,13H2,1-3H3,(H,24,29)(H,25,26). The normalized spacial score (nSPS) is 11.6. The van der Waals surface area contributed by atoms with Crippen LogP contribution in [0.2, 0.25) is 0 Å². The SMILES string of the molecule is CC(C)(C)c1ccc(Cn2nccc2NC(=O)c2n[nH]c3ccc([N+](=O)[O-])cc23)cc1. The first-order valence-electron chi connectivity index (χ1n) is 9.77. The second kappa shape index (κ2) is 7.67. The van der Waals surface area contributed by atoms with E-state index >= 15 is 0 Å². The Labute approximate surface area is 178 Å². The largest absolute Gasteiger partial charge is 0.305 e. The van der Waals surface area contributed by atoms with Gasteiger partial charge in [-0.15, -0.1) is 0 Å². The molecule has 9 nitrogen and oxygen atoms in total. The van der Waals surface area contributed by atoms with Crippen LogP contribution in [0.25, 0.3) is 10.9 Å². The average Bonchev–Trinajstić information content (AvgIpc) is 3.34. The van der Waals surface area contributed by atoms with Gasteiger partial charge < -0.3 is 5.32 Å². The third-order valence-electron chi connectivity index (χ3n) is 5.08. The topological polar surface area (TPSA) is 119 Å². The number of hydrogen-bond donors (Lipinski definition) is 2. The fourth-order valence-corrected chi connectivity index (χ4v) is 3.31. The van der Waals surface area contributed by atoms with Crippen molar-refractivity contribution in [1.29, 1.82) is 0 Å². The Hall–Kier alpha value is -4.01. The third-order valence-corrected chi connectivity index (χ3v) is 5.08. The van der Waals surface area contributed by atoms with Crippen molar-refractivity contribution in [1.82, 2.24) is 20.0 Å². The number of hydrogen-bond acceptors (Lipinski definition) is 5. The Morgan fingerprint density at radius 1 is 1.16 bits per heavy atom. The highest BCUT2D eigenvalue weighted by Crippen LogP contribution is 2.24. The number of carbonyl (C=O) groups is 1. The van der Waals surface area contributed by atoms with E-state index in [2.05, 4.69) is 53.5 Å². The number of fused-ring (bicyclic) bond motifs is 1. The van der Waals surface area contributed by atoms with Gasteiger partial charge in [0.15, 0.2) is 5.69 Å². The second-order valence-corrected chi connectivity index (χ2v) is 8.33. The average molecular weight is 418 g/mol. The number of H-pyrrole nitrogens is 1. The fraction of sp³-hybridized carbons (Fsp3) is 0.227. The van der Waals surface area contributed by atoms with E-state index in [0.29, 0.717) is 23.3 Å². The molecule has 0 unspecified atom stereocenters. The number of rotatable bonds is 5. The Balaban J connectivity index is 1.54. The molecule has 2 heterocycles. The fourth-order valence-electron chi connectivity index (χ4n) is 3.31. The molecule has 0 aliphatic carbocycles. The summed E-state index contributed by atoms with van der Waals surface area (Å²) in [6.45, 7) is 6.98. The first kappa shape index (κ1) is 20.3. The molecule has 0 fully saturated rings. The highest BCUT2D eigenvalue weighted by molar-refractivity contribution is 6.11. The van der Waals surface area contributed by atoms with Gasteiger partial charge in [-0.1, -0.05) is 45.0 Å². The van der Waals surface area contributed by atoms with E-state index in [1.807, 2.05) is 12.1 Å². The van der Waals surface area contributed by atoms with Crippen molar-refractivity contribution in [2.24, 2.45) is 0 Å². The molecule has 2 N–H and O–H groups in total. The molecule has 1 amide bonds. The molecule has 9 heteroatoms. The van der Waals surface area contributed by atoms with E-state index in [0.717, 1.165) is 5.56 Å². The minimum Gasteiger partial charge on any atom is -0.305 e. The van der Waals surface area contributed by atoms with Gasteiger partial charge in [-0.25, -0.2) is 4.68 Å². The maximum Gasteiger partial charge on any atom is 0.277 e. The number of carbonyl (C=O) groups excluding carboxylic acids is 1. The lowest BCUT2D eigenvalue weighted by Gasteiger charge is -2.19. The van der Waals surface area contributed by atoms with Gasteiger partial charge in [0.2, 0.25) is 0 Å². The smallest absolute Gasteiger partial charge is 0.277 e. The summed E-state index contributed by atoms with van der Waals surface area (Å²) in [5.41, 5.74) is 2.89. The van der Waals surface area contributed by atoms with Gasteiger partial charge in [0.25, 0.3) is 11.6 Å². The van der Waals surface area contributed by atoms with Crippen LogP contribution in [-0.4, -0.2) is 30.8 Å². The zero-order chi connectivity index (χ0) is 22.2. The summed E-state index contributed by atoms with van der Waals surface area (Å²) < 4.78 is 1.68. The molecular weight excluding hydrogens is 396 g/mol.